The number of anilines is 1. The molecule has 0 saturated carbocycles. The molecule has 2 heterocycles. The van der Waals surface area contributed by atoms with Crippen LogP contribution < -0.4 is 4.90 Å². The number of hydrogen-bond acceptors (Lipinski definition) is 5. The Kier molecular flexibility index (Phi) is 5.83. The molecule has 142 valence electrons. The van der Waals surface area contributed by atoms with E-state index in [9.17, 15) is 4.79 Å². The number of carbonyl (C=O) groups excluding carboxylic acids is 1. The Labute approximate surface area is 172 Å². The summed E-state index contributed by atoms with van der Waals surface area (Å²) in [5, 5.41) is 8.80. The summed E-state index contributed by atoms with van der Waals surface area (Å²) >= 11 is 3.21. The smallest absolute Gasteiger partial charge is 0.238 e. The van der Waals surface area contributed by atoms with Crippen molar-refractivity contribution in [1.29, 1.82) is 0 Å². The molecule has 0 saturated heterocycles. The van der Waals surface area contributed by atoms with Crippen LogP contribution in [0.25, 0.3) is 0 Å². The van der Waals surface area contributed by atoms with Gasteiger partial charge in [-0.25, -0.2) is 0 Å². The Morgan fingerprint density at radius 3 is 2.82 bits per heavy atom. The highest BCUT2D eigenvalue weighted by Crippen LogP contribution is 2.43. The maximum Gasteiger partial charge on any atom is 0.238 e. The molecule has 28 heavy (non-hydrogen) atoms. The minimum Gasteiger partial charge on any atom is -0.305 e. The summed E-state index contributed by atoms with van der Waals surface area (Å²) in [7, 11) is 0. The lowest BCUT2D eigenvalue weighted by molar-refractivity contribution is -0.116. The van der Waals surface area contributed by atoms with E-state index in [4.69, 9.17) is 0 Å². The number of nitrogens with zero attached hydrogens (tertiary/aromatic N) is 4. The van der Waals surface area contributed by atoms with Gasteiger partial charge in [-0.05, 0) is 17.7 Å². The second-order valence-electron chi connectivity index (χ2n) is 6.31. The third kappa shape index (κ3) is 3.86. The molecule has 5 nitrogen and oxygen atoms in total. The second kappa shape index (κ2) is 8.67. The van der Waals surface area contributed by atoms with Gasteiger partial charge in [0.1, 0.15) is 6.33 Å². The Hall–Kier alpha value is -2.51. The fourth-order valence-electron chi connectivity index (χ4n) is 3.23. The minimum absolute atomic E-state index is 0.0141. The van der Waals surface area contributed by atoms with E-state index >= 15 is 0 Å². The molecular formula is C21H20N4OS2. The molecule has 2 aromatic carbocycles. The molecule has 7 heteroatoms. The van der Waals surface area contributed by atoms with Crippen molar-refractivity contribution in [2.24, 2.45) is 0 Å². The topological polar surface area (TPSA) is 51.0 Å². The summed E-state index contributed by atoms with van der Waals surface area (Å²) in [6, 6.07) is 18.4. The second-order valence-corrected chi connectivity index (χ2v) is 8.32. The van der Waals surface area contributed by atoms with Gasteiger partial charge in [0.25, 0.3) is 0 Å². The molecule has 1 atom stereocenters. The van der Waals surface area contributed by atoms with E-state index in [0.29, 0.717) is 12.3 Å². The van der Waals surface area contributed by atoms with Crippen molar-refractivity contribution in [1.82, 2.24) is 14.8 Å². The monoisotopic (exact) mass is 408 g/mol. The van der Waals surface area contributed by atoms with Gasteiger partial charge in [0, 0.05) is 17.2 Å². The number of benzene rings is 2. The maximum absolute atomic E-state index is 13.3. The summed E-state index contributed by atoms with van der Waals surface area (Å²) in [5.74, 6) is 1.21. The largest absolute Gasteiger partial charge is 0.305 e. The van der Waals surface area contributed by atoms with E-state index in [1.807, 2.05) is 45.9 Å². The zero-order chi connectivity index (χ0) is 19.3. The van der Waals surface area contributed by atoms with Gasteiger partial charge in [-0.3, -0.25) is 4.79 Å². The van der Waals surface area contributed by atoms with Crippen molar-refractivity contribution in [3.05, 3.63) is 79.1 Å². The van der Waals surface area contributed by atoms with Crippen molar-refractivity contribution >= 4 is 35.1 Å². The van der Waals surface area contributed by atoms with Crippen LogP contribution in [0.5, 0.6) is 0 Å². The molecule has 0 N–H and O–H groups in total. The van der Waals surface area contributed by atoms with Gasteiger partial charge in [-0.15, -0.1) is 28.5 Å². The van der Waals surface area contributed by atoms with Crippen LogP contribution >= 0.6 is 23.5 Å². The fraction of sp³-hybridized carbons (Fsp3) is 0.190. The van der Waals surface area contributed by atoms with Crippen molar-refractivity contribution < 1.29 is 4.79 Å². The van der Waals surface area contributed by atoms with Gasteiger partial charge in [-0.1, -0.05) is 60.3 Å². The van der Waals surface area contributed by atoms with Gasteiger partial charge in [0.15, 0.2) is 5.16 Å². The third-order valence-corrected chi connectivity index (χ3v) is 6.62. The lowest BCUT2D eigenvalue weighted by Crippen LogP contribution is -2.39. The maximum atomic E-state index is 13.3. The van der Waals surface area contributed by atoms with Crippen LogP contribution in [-0.4, -0.2) is 32.2 Å². The minimum atomic E-state index is 0.0141. The zero-order valence-corrected chi connectivity index (χ0v) is 16.9. The van der Waals surface area contributed by atoms with E-state index in [1.165, 1.54) is 11.8 Å². The Morgan fingerprint density at radius 2 is 2.00 bits per heavy atom. The van der Waals surface area contributed by atoms with Crippen LogP contribution in [0.3, 0.4) is 0 Å². The molecule has 1 aromatic heterocycles. The normalized spacial score (nSPS) is 15.9. The van der Waals surface area contributed by atoms with Gasteiger partial charge in [0.2, 0.25) is 5.91 Å². The number of para-hydroxylation sites is 1. The first-order chi connectivity index (χ1) is 13.8. The van der Waals surface area contributed by atoms with Gasteiger partial charge < -0.3 is 9.47 Å². The SMILES string of the molecule is C=CCn1cnnc1SCC(=O)N1c2ccccc2SC[C@@H]1c1ccccc1. The highest BCUT2D eigenvalue weighted by Gasteiger charge is 2.32. The molecule has 0 spiro atoms. The lowest BCUT2D eigenvalue weighted by atomic mass is 10.1. The third-order valence-electron chi connectivity index (χ3n) is 4.52. The van der Waals surface area contributed by atoms with E-state index in [1.54, 1.807) is 24.2 Å². The summed E-state index contributed by atoms with van der Waals surface area (Å²) in [5.41, 5.74) is 2.13. The molecule has 0 unspecified atom stereocenters. The van der Waals surface area contributed by atoms with Crippen molar-refractivity contribution in [2.75, 3.05) is 16.4 Å². The number of hydrogen-bond donors (Lipinski definition) is 0. The predicted octanol–water partition coefficient (Wildman–Crippen LogP) is 4.44. The fourth-order valence-corrected chi connectivity index (χ4v) is 5.19. The van der Waals surface area contributed by atoms with Crippen molar-refractivity contribution in [3.8, 4) is 0 Å². The van der Waals surface area contributed by atoms with Crippen LogP contribution in [0.15, 0.2) is 83.6 Å². The van der Waals surface area contributed by atoms with Gasteiger partial charge >= 0.3 is 0 Å². The summed E-state index contributed by atoms with van der Waals surface area (Å²) in [6.45, 7) is 4.38. The van der Waals surface area contributed by atoms with E-state index in [2.05, 4.69) is 35.0 Å². The molecule has 0 bridgehead atoms. The number of allylic oxidation sites excluding steroid dienone is 1. The molecule has 0 aliphatic carbocycles. The molecule has 0 fully saturated rings. The molecular weight excluding hydrogens is 388 g/mol. The lowest BCUT2D eigenvalue weighted by Gasteiger charge is -2.37. The Balaban J connectivity index is 1.60. The number of amides is 1. The van der Waals surface area contributed by atoms with Crippen LogP contribution in [0, 0.1) is 0 Å². The first-order valence-corrected chi connectivity index (χ1v) is 11.0. The highest BCUT2D eigenvalue weighted by molar-refractivity contribution is 8.00. The Morgan fingerprint density at radius 1 is 1.21 bits per heavy atom. The molecule has 0 radical (unpaired) electrons. The number of aromatic nitrogens is 3. The number of carbonyl (C=O) groups is 1. The van der Waals surface area contributed by atoms with E-state index < -0.39 is 0 Å². The van der Waals surface area contributed by atoms with Crippen LogP contribution in [-0.2, 0) is 11.3 Å². The highest BCUT2D eigenvalue weighted by atomic mass is 32.2. The number of fused-ring (bicyclic) bond motifs is 1. The molecule has 4 rings (SSSR count). The van der Waals surface area contributed by atoms with Gasteiger partial charge in [-0.2, -0.15) is 0 Å². The average molecular weight is 409 g/mol. The van der Waals surface area contributed by atoms with Gasteiger partial charge in [0.05, 0.1) is 17.5 Å². The molecule has 1 aliphatic heterocycles. The zero-order valence-electron chi connectivity index (χ0n) is 15.3. The molecule has 1 amide bonds. The summed E-state index contributed by atoms with van der Waals surface area (Å²) < 4.78 is 1.89. The summed E-state index contributed by atoms with van der Waals surface area (Å²) in [4.78, 5) is 16.4. The van der Waals surface area contributed by atoms with E-state index in [-0.39, 0.29) is 11.9 Å². The number of rotatable bonds is 6. The Bertz CT molecular complexity index is 973. The van der Waals surface area contributed by atoms with Crippen molar-refractivity contribution in [3.63, 3.8) is 0 Å². The quantitative estimate of drug-likeness (QED) is 0.446. The van der Waals surface area contributed by atoms with Crippen LogP contribution in [0.4, 0.5) is 5.69 Å². The standard InChI is InChI=1S/C21H20N4OS2/c1-2-12-24-15-22-23-21(24)28-14-20(26)25-17-10-6-7-11-19(17)27-13-18(25)16-8-4-3-5-9-16/h2-11,15,18H,1,12-14H2/t18-/m1/s1. The first kappa shape index (κ1) is 18.8. The van der Waals surface area contributed by atoms with Crippen LogP contribution in [0.2, 0.25) is 0 Å². The first-order valence-electron chi connectivity index (χ1n) is 8.98. The average Bonchev–Trinajstić information content (AvgIpc) is 3.19. The molecule has 1 aliphatic rings. The predicted molar refractivity (Wildman–Crippen MR) is 115 cm³/mol. The number of thioether (sulfide) groups is 2. The summed E-state index contributed by atoms with van der Waals surface area (Å²) in [6.07, 6.45) is 3.45. The van der Waals surface area contributed by atoms with E-state index in [0.717, 1.165) is 27.1 Å². The molecule has 3 aromatic rings. The van der Waals surface area contributed by atoms with Crippen molar-refractivity contribution in [2.45, 2.75) is 22.6 Å². The van der Waals surface area contributed by atoms with Crippen LogP contribution in [0.1, 0.15) is 11.6 Å².